The van der Waals surface area contributed by atoms with Gasteiger partial charge in [0, 0.05) is 6.20 Å². The highest BCUT2D eigenvalue weighted by molar-refractivity contribution is 5.62. The minimum atomic E-state index is -4.40. The van der Waals surface area contributed by atoms with Crippen molar-refractivity contribution in [2.75, 3.05) is 0 Å². The van der Waals surface area contributed by atoms with Crippen LogP contribution in [0.3, 0.4) is 0 Å². The lowest BCUT2D eigenvalue weighted by molar-refractivity contribution is -0.137. The van der Waals surface area contributed by atoms with E-state index < -0.39 is 17.3 Å². The molecule has 0 aliphatic heterocycles. The number of halogens is 3. The van der Waals surface area contributed by atoms with Gasteiger partial charge in [-0.05, 0) is 17.7 Å². The number of benzene rings is 1. The molecule has 1 aromatic carbocycles. The number of nitrogens with one attached hydrogen (secondary N) is 2. The number of H-pyrrole nitrogens is 2. The third-order valence-electron chi connectivity index (χ3n) is 2.15. The van der Waals surface area contributed by atoms with Crippen LogP contribution in [-0.2, 0) is 6.18 Å². The Bertz CT molecular complexity index is 553. The Labute approximate surface area is 87.9 Å². The van der Waals surface area contributed by atoms with Crippen LogP contribution in [0.4, 0.5) is 13.2 Å². The molecule has 2 aromatic rings. The first kappa shape index (κ1) is 10.5. The quantitative estimate of drug-likeness (QED) is 0.773. The predicted molar refractivity (Wildman–Crippen MR) is 51.9 cm³/mol. The zero-order valence-electron chi connectivity index (χ0n) is 7.93. The largest absolute Gasteiger partial charge is 0.416 e. The van der Waals surface area contributed by atoms with Crippen LogP contribution < -0.4 is 5.56 Å². The summed E-state index contributed by atoms with van der Waals surface area (Å²) in [6, 6.07) is 4.63. The average molecular weight is 228 g/mol. The van der Waals surface area contributed by atoms with Gasteiger partial charge in [0.15, 0.2) is 0 Å². The van der Waals surface area contributed by atoms with Crippen molar-refractivity contribution in [3.63, 3.8) is 0 Å². The Hall–Kier alpha value is -1.98. The minimum absolute atomic E-state index is 0.186. The van der Waals surface area contributed by atoms with Crippen LogP contribution in [0.5, 0.6) is 0 Å². The summed E-state index contributed by atoms with van der Waals surface area (Å²) in [5, 5.41) is 4.70. The molecule has 1 aromatic heterocycles. The first-order chi connectivity index (χ1) is 7.48. The van der Waals surface area contributed by atoms with Gasteiger partial charge in [-0.3, -0.25) is 9.89 Å². The molecule has 0 unspecified atom stereocenters. The Balaban J connectivity index is 2.53. The number of alkyl halides is 3. The molecule has 0 aliphatic carbocycles. The van der Waals surface area contributed by atoms with Crippen LogP contribution in [0.1, 0.15) is 5.56 Å². The van der Waals surface area contributed by atoms with Crippen molar-refractivity contribution >= 4 is 0 Å². The minimum Gasteiger partial charge on any atom is -0.305 e. The number of hydrogen-bond donors (Lipinski definition) is 2. The molecule has 0 bridgehead atoms. The summed E-state index contributed by atoms with van der Waals surface area (Å²) in [5.74, 6) is 0. The maximum Gasteiger partial charge on any atom is 0.416 e. The third kappa shape index (κ3) is 1.86. The maximum atomic E-state index is 12.4. The molecule has 0 saturated heterocycles. The lowest BCUT2D eigenvalue weighted by Crippen LogP contribution is -2.06. The molecule has 3 nitrogen and oxygen atoms in total. The van der Waals surface area contributed by atoms with Gasteiger partial charge in [0.2, 0.25) is 0 Å². The zero-order chi connectivity index (χ0) is 11.8. The van der Waals surface area contributed by atoms with E-state index in [0.717, 1.165) is 12.1 Å². The lowest BCUT2D eigenvalue weighted by Gasteiger charge is -2.07. The standard InChI is InChI=1S/C10H7F3N2O/c11-10(12,13)7-3-1-2-6(4-7)8-5-14-15-9(8)16/h1-5H,(H2,14,15,16). The molecule has 6 heteroatoms. The topological polar surface area (TPSA) is 48.6 Å². The van der Waals surface area contributed by atoms with Crippen LogP contribution in [0.15, 0.2) is 35.3 Å². The molecule has 0 atom stereocenters. The molecule has 84 valence electrons. The highest BCUT2D eigenvalue weighted by Crippen LogP contribution is 2.31. The first-order valence-corrected chi connectivity index (χ1v) is 4.42. The van der Waals surface area contributed by atoms with Gasteiger partial charge in [-0.25, -0.2) is 0 Å². The fraction of sp³-hybridized carbons (Fsp3) is 0.100. The smallest absolute Gasteiger partial charge is 0.305 e. The van der Waals surface area contributed by atoms with E-state index in [4.69, 9.17) is 0 Å². The SMILES string of the molecule is O=c1[nH][nH]cc1-c1cccc(C(F)(F)F)c1. The maximum absolute atomic E-state index is 12.4. The Morgan fingerprint density at radius 3 is 2.50 bits per heavy atom. The van der Waals surface area contributed by atoms with Crippen LogP contribution in [0, 0.1) is 0 Å². The molecule has 16 heavy (non-hydrogen) atoms. The van der Waals surface area contributed by atoms with E-state index in [0.29, 0.717) is 0 Å². The van der Waals surface area contributed by atoms with Gasteiger partial charge >= 0.3 is 6.18 Å². The van der Waals surface area contributed by atoms with Crippen molar-refractivity contribution in [1.29, 1.82) is 0 Å². The molecular formula is C10H7F3N2O. The predicted octanol–water partition coefficient (Wildman–Crippen LogP) is 2.39. The van der Waals surface area contributed by atoms with Gasteiger partial charge < -0.3 is 5.10 Å². The molecule has 2 N–H and O–H groups in total. The lowest BCUT2D eigenvalue weighted by atomic mass is 10.1. The third-order valence-corrected chi connectivity index (χ3v) is 2.15. The molecule has 0 radical (unpaired) electrons. The number of rotatable bonds is 1. The van der Waals surface area contributed by atoms with Crippen LogP contribution in [0.25, 0.3) is 11.1 Å². The molecular weight excluding hydrogens is 221 g/mol. The molecule has 0 spiro atoms. The number of aromatic amines is 2. The van der Waals surface area contributed by atoms with E-state index in [1.165, 1.54) is 18.3 Å². The van der Waals surface area contributed by atoms with Gasteiger partial charge in [-0.1, -0.05) is 12.1 Å². The van der Waals surface area contributed by atoms with Gasteiger partial charge in [-0.2, -0.15) is 13.2 Å². The highest BCUT2D eigenvalue weighted by atomic mass is 19.4. The molecule has 0 amide bonds. The fourth-order valence-electron chi connectivity index (χ4n) is 1.38. The molecule has 2 rings (SSSR count). The van der Waals surface area contributed by atoms with Gasteiger partial charge in [0.1, 0.15) is 0 Å². The van der Waals surface area contributed by atoms with E-state index in [-0.39, 0.29) is 11.1 Å². The second kappa shape index (κ2) is 3.55. The van der Waals surface area contributed by atoms with E-state index in [1.54, 1.807) is 0 Å². The molecule has 0 saturated carbocycles. The fourth-order valence-corrected chi connectivity index (χ4v) is 1.38. The van der Waals surface area contributed by atoms with Crippen LogP contribution in [-0.4, -0.2) is 10.2 Å². The summed E-state index contributed by atoms with van der Waals surface area (Å²) in [4.78, 5) is 11.2. The number of hydrogen-bond acceptors (Lipinski definition) is 1. The van der Waals surface area contributed by atoms with Crippen LogP contribution >= 0.6 is 0 Å². The summed E-state index contributed by atoms with van der Waals surface area (Å²) >= 11 is 0. The Morgan fingerprint density at radius 1 is 1.19 bits per heavy atom. The van der Waals surface area contributed by atoms with Gasteiger partial charge in [-0.15, -0.1) is 0 Å². The van der Waals surface area contributed by atoms with Gasteiger partial charge in [0.05, 0.1) is 11.1 Å². The number of aromatic nitrogens is 2. The first-order valence-electron chi connectivity index (χ1n) is 4.42. The van der Waals surface area contributed by atoms with Crippen molar-refractivity contribution in [2.24, 2.45) is 0 Å². The Morgan fingerprint density at radius 2 is 1.94 bits per heavy atom. The van der Waals surface area contributed by atoms with E-state index in [2.05, 4.69) is 10.2 Å². The Kier molecular flexibility index (Phi) is 2.34. The molecule has 0 fully saturated rings. The summed E-state index contributed by atoms with van der Waals surface area (Å²) in [6.07, 6.45) is -3.07. The van der Waals surface area contributed by atoms with Crippen molar-refractivity contribution in [2.45, 2.75) is 6.18 Å². The van der Waals surface area contributed by atoms with Gasteiger partial charge in [0.25, 0.3) is 5.56 Å². The monoisotopic (exact) mass is 228 g/mol. The average Bonchev–Trinajstić information content (AvgIpc) is 2.63. The summed E-state index contributed by atoms with van der Waals surface area (Å²) < 4.78 is 37.2. The van der Waals surface area contributed by atoms with E-state index in [1.807, 2.05) is 0 Å². The molecule has 1 heterocycles. The van der Waals surface area contributed by atoms with E-state index >= 15 is 0 Å². The van der Waals surface area contributed by atoms with Crippen molar-refractivity contribution in [1.82, 2.24) is 10.2 Å². The zero-order valence-corrected chi connectivity index (χ0v) is 7.93. The second-order valence-electron chi connectivity index (χ2n) is 3.24. The van der Waals surface area contributed by atoms with E-state index in [9.17, 15) is 18.0 Å². The van der Waals surface area contributed by atoms with Crippen molar-refractivity contribution in [3.05, 3.63) is 46.4 Å². The van der Waals surface area contributed by atoms with Crippen molar-refractivity contribution < 1.29 is 13.2 Å². The van der Waals surface area contributed by atoms with Crippen molar-refractivity contribution in [3.8, 4) is 11.1 Å². The second-order valence-corrected chi connectivity index (χ2v) is 3.24. The highest BCUT2D eigenvalue weighted by Gasteiger charge is 2.30. The summed E-state index contributed by atoms with van der Waals surface area (Å²) in [6.45, 7) is 0. The summed E-state index contributed by atoms with van der Waals surface area (Å²) in [7, 11) is 0. The molecule has 0 aliphatic rings. The van der Waals surface area contributed by atoms with Crippen LogP contribution in [0.2, 0.25) is 0 Å². The summed E-state index contributed by atoms with van der Waals surface area (Å²) in [5.41, 5.74) is -0.798. The normalized spacial score (nSPS) is 11.7.